The Morgan fingerprint density at radius 1 is 1.04 bits per heavy atom. The lowest BCUT2D eigenvalue weighted by Gasteiger charge is -2.15. The molecule has 2 amide bonds. The van der Waals surface area contributed by atoms with Gasteiger partial charge in [0, 0.05) is 17.8 Å². The van der Waals surface area contributed by atoms with Gasteiger partial charge in [0.05, 0.1) is 0 Å². The zero-order chi connectivity index (χ0) is 17.2. The predicted molar refractivity (Wildman–Crippen MR) is 92.7 cm³/mol. The third-order valence-corrected chi connectivity index (χ3v) is 4.11. The molecule has 1 aliphatic heterocycles. The lowest BCUT2D eigenvalue weighted by atomic mass is 10.2. The minimum atomic E-state index is -0.340. The molecule has 0 radical (unpaired) electrons. The number of oxazole rings is 1. The van der Waals surface area contributed by atoms with E-state index in [1.807, 2.05) is 30.3 Å². The zero-order valence-corrected chi connectivity index (χ0v) is 13.3. The molecule has 0 saturated carbocycles. The van der Waals surface area contributed by atoms with Crippen LogP contribution in [0.4, 0.5) is 11.7 Å². The van der Waals surface area contributed by atoms with Gasteiger partial charge in [-0.25, -0.2) is 0 Å². The molecule has 1 aromatic heterocycles. The Morgan fingerprint density at radius 2 is 1.80 bits per heavy atom. The molecule has 0 fully saturated rings. The van der Waals surface area contributed by atoms with Gasteiger partial charge in [0.15, 0.2) is 5.69 Å². The highest BCUT2D eigenvalue weighted by atomic mass is 16.4. The normalized spacial score (nSPS) is 12.7. The summed E-state index contributed by atoms with van der Waals surface area (Å²) in [6.45, 7) is 0.608. The van der Waals surface area contributed by atoms with Crippen molar-refractivity contribution in [3.63, 3.8) is 0 Å². The highest BCUT2D eigenvalue weighted by Gasteiger charge is 2.27. The van der Waals surface area contributed by atoms with Gasteiger partial charge in [0.2, 0.25) is 0 Å². The van der Waals surface area contributed by atoms with Crippen LogP contribution in [0.25, 0.3) is 0 Å². The summed E-state index contributed by atoms with van der Waals surface area (Å²) in [5, 5.41) is 2.56. The second kappa shape index (κ2) is 6.24. The maximum absolute atomic E-state index is 12.7. The molecule has 0 aliphatic carbocycles. The van der Waals surface area contributed by atoms with Gasteiger partial charge in [-0.15, -0.1) is 0 Å². The number of hydrogen-bond donors (Lipinski definition) is 1. The topological polar surface area (TPSA) is 75.4 Å². The van der Waals surface area contributed by atoms with Gasteiger partial charge in [-0.1, -0.05) is 36.4 Å². The summed E-state index contributed by atoms with van der Waals surface area (Å²) in [7, 11) is 0. The van der Waals surface area contributed by atoms with E-state index in [-0.39, 0.29) is 23.5 Å². The van der Waals surface area contributed by atoms with Crippen LogP contribution in [-0.2, 0) is 6.42 Å². The standard InChI is InChI=1S/C19H15N3O3/c23-17(14-7-2-1-3-8-14)21-19-20-15(12-25-19)18(24)22-11-10-13-6-4-5-9-16(13)22/h1-9,12H,10-11H2,(H,20,21,23). The Labute approximate surface area is 144 Å². The number of amides is 2. The van der Waals surface area contributed by atoms with Crippen LogP contribution in [0.2, 0.25) is 0 Å². The van der Waals surface area contributed by atoms with Crippen molar-refractivity contribution in [3.8, 4) is 0 Å². The number of fused-ring (bicyclic) bond motifs is 1. The van der Waals surface area contributed by atoms with E-state index < -0.39 is 0 Å². The molecule has 0 unspecified atom stereocenters. The minimum Gasteiger partial charge on any atom is -0.431 e. The number of carbonyl (C=O) groups excluding carboxylic acids is 2. The summed E-state index contributed by atoms with van der Waals surface area (Å²) in [5.41, 5.74) is 2.68. The molecule has 4 rings (SSSR count). The second-order valence-electron chi connectivity index (χ2n) is 5.69. The lowest BCUT2D eigenvalue weighted by Crippen LogP contribution is -2.29. The molecule has 0 saturated heterocycles. The molecule has 6 heteroatoms. The molecule has 25 heavy (non-hydrogen) atoms. The molecule has 1 N–H and O–H groups in total. The van der Waals surface area contributed by atoms with E-state index in [1.165, 1.54) is 6.26 Å². The Morgan fingerprint density at radius 3 is 2.64 bits per heavy atom. The van der Waals surface area contributed by atoms with Crippen LogP contribution in [0.5, 0.6) is 0 Å². The van der Waals surface area contributed by atoms with Crippen molar-refractivity contribution in [3.05, 3.63) is 77.7 Å². The van der Waals surface area contributed by atoms with Crippen molar-refractivity contribution in [1.29, 1.82) is 0 Å². The SMILES string of the molecule is O=C(Nc1nc(C(=O)N2CCc3ccccc32)co1)c1ccccc1. The number of carbonyl (C=O) groups is 2. The Balaban J connectivity index is 1.50. The zero-order valence-electron chi connectivity index (χ0n) is 13.3. The van der Waals surface area contributed by atoms with Crippen LogP contribution in [0.1, 0.15) is 26.4 Å². The molecule has 0 atom stereocenters. The first kappa shape index (κ1) is 15.1. The number of nitrogens with zero attached hydrogens (tertiary/aromatic N) is 2. The van der Waals surface area contributed by atoms with E-state index in [0.29, 0.717) is 12.1 Å². The van der Waals surface area contributed by atoms with Crippen LogP contribution in [0.15, 0.2) is 65.3 Å². The molecular formula is C19H15N3O3. The van der Waals surface area contributed by atoms with E-state index >= 15 is 0 Å². The first-order chi connectivity index (χ1) is 12.2. The van der Waals surface area contributed by atoms with Gasteiger partial charge in [-0.3, -0.25) is 14.9 Å². The van der Waals surface area contributed by atoms with E-state index in [0.717, 1.165) is 17.7 Å². The maximum atomic E-state index is 12.7. The fraction of sp³-hybridized carbons (Fsp3) is 0.105. The van der Waals surface area contributed by atoms with Crippen LogP contribution in [0, 0.1) is 0 Å². The number of benzene rings is 2. The molecule has 6 nitrogen and oxygen atoms in total. The van der Waals surface area contributed by atoms with Gasteiger partial charge in [-0.2, -0.15) is 4.98 Å². The smallest absolute Gasteiger partial charge is 0.302 e. The third kappa shape index (κ3) is 2.89. The van der Waals surface area contributed by atoms with Crippen molar-refractivity contribution < 1.29 is 14.0 Å². The highest BCUT2D eigenvalue weighted by Crippen LogP contribution is 2.28. The van der Waals surface area contributed by atoms with Crippen LogP contribution >= 0.6 is 0 Å². The van der Waals surface area contributed by atoms with Gasteiger partial charge in [0.1, 0.15) is 6.26 Å². The number of para-hydroxylation sites is 1. The molecule has 0 spiro atoms. The monoisotopic (exact) mass is 333 g/mol. The maximum Gasteiger partial charge on any atom is 0.302 e. The van der Waals surface area contributed by atoms with E-state index in [2.05, 4.69) is 10.3 Å². The van der Waals surface area contributed by atoms with Crippen molar-refractivity contribution in [2.45, 2.75) is 6.42 Å². The van der Waals surface area contributed by atoms with Crippen LogP contribution < -0.4 is 10.2 Å². The fourth-order valence-corrected chi connectivity index (χ4v) is 2.88. The summed E-state index contributed by atoms with van der Waals surface area (Å²) in [6, 6.07) is 16.5. The third-order valence-electron chi connectivity index (χ3n) is 4.11. The van der Waals surface area contributed by atoms with E-state index in [9.17, 15) is 9.59 Å². The van der Waals surface area contributed by atoms with E-state index in [1.54, 1.807) is 29.2 Å². The number of anilines is 2. The van der Waals surface area contributed by atoms with Gasteiger partial charge >= 0.3 is 6.01 Å². The predicted octanol–water partition coefficient (Wildman–Crippen LogP) is 3.13. The number of hydrogen-bond acceptors (Lipinski definition) is 4. The van der Waals surface area contributed by atoms with Crippen molar-refractivity contribution in [2.75, 3.05) is 16.8 Å². The average Bonchev–Trinajstić information content (AvgIpc) is 3.29. The number of aromatic nitrogens is 1. The quantitative estimate of drug-likeness (QED) is 0.799. The van der Waals surface area contributed by atoms with E-state index in [4.69, 9.17) is 4.42 Å². The molecule has 1 aliphatic rings. The average molecular weight is 333 g/mol. The first-order valence-corrected chi connectivity index (χ1v) is 7.94. The molecule has 2 aromatic carbocycles. The molecule has 3 aromatic rings. The molecular weight excluding hydrogens is 318 g/mol. The van der Waals surface area contributed by atoms with Gasteiger partial charge in [-0.05, 0) is 30.2 Å². The molecule has 2 heterocycles. The highest BCUT2D eigenvalue weighted by molar-refractivity contribution is 6.07. The molecule has 0 bridgehead atoms. The molecule has 124 valence electrons. The van der Waals surface area contributed by atoms with Crippen molar-refractivity contribution in [1.82, 2.24) is 4.98 Å². The Hall–Kier alpha value is -3.41. The van der Waals surface area contributed by atoms with Crippen molar-refractivity contribution in [2.24, 2.45) is 0 Å². The summed E-state index contributed by atoms with van der Waals surface area (Å²) in [5.74, 6) is -0.582. The van der Waals surface area contributed by atoms with Crippen LogP contribution in [-0.4, -0.2) is 23.3 Å². The second-order valence-corrected chi connectivity index (χ2v) is 5.69. The largest absolute Gasteiger partial charge is 0.431 e. The van der Waals surface area contributed by atoms with Crippen molar-refractivity contribution >= 4 is 23.5 Å². The lowest BCUT2D eigenvalue weighted by molar-refractivity contribution is 0.0982. The summed E-state index contributed by atoms with van der Waals surface area (Å²) in [6.07, 6.45) is 2.08. The summed E-state index contributed by atoms with van der Waals surface area (Å²) >= 11 is 0. The number of nitrogens with one attached hydrogen (secondary N) is 1. The van der Waals surface area contributed by atoms with Gasteiger partial charge in [0.25, 0.3) is 11.8 Å². The summed E-state index contributed by atoms with van der Waals surface area (Å²) in [4.78, 5) is 30.6. The number of rotatable bonds is 3. The summed E-state index contributed by atoms with van der Waals surface area (Å²) < 4.78 is 5.23. The minimum absolute atomic E-state index is 0.00434. The Bertz CT molecular complexity index is 934. The fourth-order valence-electron chi connectivity index (χ4n) is 2.88. The first-order valence-electron chi connectivity index (χ1n) is 7.94. The Kier molecular flexibility index (Phi) is 3.78. The van der Waals surface area contributed by atoms with Crippen LogP contribution in [0.3, 0.4) is 0 Å². The van der Waals surface area contributed by atoms with Gasteiger partial charge < -0.3 is 9.32 Å².